The van der Waals surface area contributed by atoms with Crippen LogP contribution in [0.2, 0.25) is 0 Å². The van der Waals surface area contributed by atoms with Crippen LogP contribution in [0.4, 0.5) is 0 Å². The lowest BCUT2D eigenvalue weighted by atomic mass is 10.1. The minimum atomic E-state index is -0.274. The molecule has 0 aliphatic rings. The molecule has 0 heterocycles. The Balaban J connectivity index is 2.07. The molecular formula is C21H25NO3. The van der Waals surface area contributed by atoms with E-state index in [-0.39, 0.29) is 18.3 Å². The van der Waals surface area contributed by atoms with Gasteiger partial charge in [0.05, 0.1) is 13.0 Å². The number of nitrogens with zero attached hydrogens (tertiary/aromatic N) is 1. The molecule has 0 aliphatic heterocycles. The summed E-state index contributed by atoms with van der Waals surface area (Å²) in [5.74, 6) is -0.326. The first-order chi connectivity index (χ1) is 12.1. The molecule has 0 fully saturated rings. The number of carbonyl (C=O) groups excluding carboxylic acids is 2. The highest BCUT2D eigenvalue weighted by Crippen LogP contribution is 2.10. The maximum atomic E-state index is 12.9. The van der Waals surface area contributed by atoms with Gasteiger partial charge in [-0.2, -0.15) is 0 Å². The van der Waals surface area contributed by atoms with Crippen LogP contribution < -0.4 is 0 Å². The van der Waals surface area contributed by atoms with Crippen LogP contribution in [-0.2, 0) is 16.0 Å². The van der Waals surface area contributed by atoms with Crippen LogP contribution in [-0.4, -0.2) is 36.5 Å². The molecule has 4 nitrogen and oxygen atoms in total. The van der Waals surface area contributed by atoms with Crippen molar-refractivity contribution in [2.75, 3.05) is 19.7 Å². The fraction of sp³-hybridized carbons (Fsp3) is 0.333. The minimum absolute atomic E-state index is 0.0519. The Morgan fingerprint density at radius 1 is 1.00 bits per heavy atom. The Bertz CT molecular complexity index is 697. The standard InChI is InChI=1S/C21H25NO3/c1-3-25-20(23)13-15-22(14-12-18-9-5-4-6-10-18)21(24)19-11-7-8-17(2)16-19/h4-11,16H,3,12-15H2,1-2H3. The Morgan fingerprint density at radius 3 is 2.44 bits per heavy atom. The van der Waals surface area contributed by atoms with E-state index in [4.69, 9.17) is 4.74 Å². The first kappa shape index (κ1) is 18.7. The molecule has 0 N–H and O–H groups in total. The minimum Gasteiger partial charge on any atom is -0.466 e. The molecule has 1 amide bonds. The van der Waals surface area contributed by atoms with Gasteiger partial charge in [-0.3, -0.25) is 9.59 Å². The molecule has 0 atom stereocenters. The highest BCUT2D eigenvalue weighted by Gasteiger charge is 2.17. The molecule has 2 rings (SSSR count). The van der Waals surface area contributed by atoms with Crippen LogP contribution in [0.25, 0.3) is 0 Å². The number of carbonyl (C=O) groups is 2. The van der Waals surface area contributed by atoms with E-state index in [0.29, 0.717) is 25.3 Å². The molecule has 132 valence electrons. The second-order valence-electron chi connectivity index (χ2n) is 5.95. The fourth-order valence-electron chi connectivity index (χ4n) is 2.64. The van der Waals surface area contributed by atoms with Gasteiger partial charge in [0, 0.05) is 18.7 Å². The summed E-state index contributed by atoms with van der Waals surface area (Å²) in [6.45, 7) is 5.02. The molecule has 0 aliphatic carbocycles. The van der Waals surface area contributed by atoms with Crippen LogP contribution in [0.3, 0.4) is 0 Å². The summed E-state index contributed by atoms with van der Waals surface area (Å²) in [5, 5.41) is 0. The van der Waals surface area contributed by atoms with Crippen molar-refractivity contribution in [3.05, 3.63) is 71.3 Å². The highest BCUT2D eigenvalue weighted by atomic mass is 16.5. The molecule has 0 spiro atoms. The molecule has 0 aromatic heterocycles. The van der Waals surface area contributed by atoms with Crippen molar-refractivity contribution in [1.29, 1.82) is 0 Å². The number of ether oxygens (including phenoxy) is 1. The maximum Gasteiger partial charge on any atom is 0.307 e. The number of amides is 1. The zero-order valence-electron chi connectivity index (χ0n) is 14.9. The van der Waals surface area contributed by atoms with E-state index in [1.807, 2.05) is 61.5 Å². The van der Waals surface area contributed by atoms with Gasteiger partial charge in [0.25, 0.3) is 5.91 Å². The number of hydrogen-bond acceptors (Lipinski definition) is 3. The number of hydrogen-bond donors (Lipinski definition) is 0. The molecular weight excluding hydrogens is 314 g/mol. The molecule has 0 saturated heterocycles. The quantitative estimate of drug-likeness (QED) is 0.690. The van der Waals surface area contributed by atoms with Crippen LogP contribution in [0.15, 0.2) is 54.6 Å². The van der Waals surface area contributed by atoms with Crippen LogP contribution in [0.5, 0.6) is 0 Å². The number of benzene rings is 2. The molecule has 0 radical (unpaired) electrons. The van der Waals surface area contributed by atoms with E-state index in [2.05, 4.69) is 0 Å². The van der Waals surface area contributed by atoms with Crippen molar-refractivity contribution in [2.24, 2.45) is 0 Å². The van der Waals surface area contributed by atoms with Crippen LogP contribution >= 0.6 is 0 Å². The number of rotatable bonds is 8. The average molecular weight is 339 g/mol. The Kier molecular flexibility index (Phi) is 7.20. The van der Waals surface area contributed by atoms with Gasteiger partial charge < -0.3 is 9.64 Å². The third kappa shape index (κ3) is 6.07. The molecule has 4 heteroatoms. The summed E-state index contributed by atoms with van der Waals surface area (Å²) in [5.41, 5.74) is 2.86. The summed E-state index contributed by atoms with van der Waals surface area (Å²) in [4.78, 5) is 26.3. The van der Waals surface area contributed by atoms with Gasteiger partial charge in [0.2, 0.25) is 0 Å². The monoisotopic (exact) mass is 339 g/mol. The van der Waals surface area contributed by atoms with Crippen LogP contribution in [0, 0.1) is 6.92 Å². The third-order valence-corrected chi connectivity index (χ3v) is 3.96. The van der Waals surface area contributed by atoms with Gasteiger partial charge in [-0.05, 0) is 38.0 Å². The summed E-state index contributed by atoms with van der Waals surface area (Å²) in [6, 6.07) is 17.6. The summed E-state index contributed by atoms with van der Waals surface area (Å²) in [6.07, 6.45) is 0.960. The zero-order valence-corrected chi connectivity index (χ0v) is 14.9. The van der Waals surface area contributed by atoms with Crippen molar-refractivity contribution in [1.82, 2.24) is 4.90 Å². The Hall–Kier alpha value is -2.62. The van der Waals surface area contributed by atoms with E-state index in [9.17, 15) is 9.59 Å². The van der Waals surface area contributed by atoms with Gasteiger partial charge in [-0.1, -0.05) is 48.0 Å². The van der Waals surface area contributed by atoms with Crippen molar-refractivity contribution in [3.63, 3.8) is 0 Å². The smallest absolute Gasteiger partial charge is 0.307 e. The largest absolute Gasteiger partial charge is 0.466 e. The maximum absolute atomic E-state index is 12.9. The van der Waals surface area contributed by atoms with Gasteiger partial charge in [0.1, 0.15) is 0 Å². The second kappa shape index (κ2) is 9.62. The number of esters is 1. The zero-order chi connectivity index (χ0) is 18.1. The molecule has 0 saturated carbocycles. The Morgan fingerprint density at radius 2 is 1.76 bits per heavy atom. The van der Waals surface area contributed by atoms with E-state index in [0.717, 1.165) is 12.0 Å². The van der Waals surface area contributed by atoms with Crippen LogP contribution in [0.1, 0.15) is 34.8 Å². The van der Waals surface area contributed by atoms with E-state index >= 15 is 0 Å². The third-order valence-electron chi connectivity index (χ3n) is 3.96. The van der Waals surface area contributed by atoms with Crippen molar-refractivity contribution in [2.45, 2.75) is 26.7 Å². The predicted octanol–water partition coefficient (Wildman–Crippen LogP) is 3.63. The number of aryl methyl sites for hydroxylation is 1. The highest BCUT2D eigenvalue weighted by molar-refractivity contribution is 5.94. The van der Waals surface area contributed by atoms with Crippen molar-refractivity contribution in [3.8, 4) is 0 Å². The topological polar surface area (TPSA) is 46.6 Å². The molecule has 25 heavy (non-hydrogen) atoms. The van der Waals surface area contributed by atoms with E-state index < -0.39 is 0 Å². The van der Waals surface area contributed by atoms with Gasteiger partial charge in [-0.25, -0.2) is 0 Å². The predicted molar refractivity (Wildman–Crippen MR) is 98.5 cm³/mol. The SMILES string of the molecule is CCOC(=O)CCN(CCc1ccccc1)C(=O)c1cccc(C)c1. The van der Waals surface area contributed by atoms with E-state index in [1.165, 1.54) is 5.56 Å². The molecule has 2 aromatic carbocycles. The molecule has 0 unspecified atom stereocenters. The summed E-state index contributed by atoms with van der Waals surface area (Å²) >= 11 is 0. The first-order valence-corrected chi connectivity index (χ1v) is 8.65. The second-order valence-corrected chi connectivity index (χ2v) is 5.95. The Labute approximate surface area is 149 Å². The van der Waals surface area contributed by atoms with Gasteiger partial charge in [0.15, 0.2) is 0 Å². The van der Waals surface area contributed by atoms with Crippen molar-refractivity contribution < 1.29 is 14.3 Å². The lowest BCUT2D eigenvalue weighted by molar-refractivity contribution is -0.143. The molecule has 0 bridgehead atoms. The first-order valence-electron chi connectivity index (χ1n) is 8.65. The fourth-order valence-corrected chi connectivity index (χ4v) is 2.64. The normalized spacial score (nSPS) is 10.3. The van der Waals surface area contributed by atoms with Gasteiger partial charge in [-0.15, -0.1) is 0 Å². The van der Waals surface area contributed by atoms with E-state index in [1.54, 1.807) is 11.8 Å². The molecule has 2 aromatic rings. The van der Waals surface area contributed by atoms with Gasteiger partial charge >= 0.3 is 5.97 Å². The lowest BCUT2D eigenvalue weighted by Gasteiger charge is -2.23. The summed E-state index contributed by atoms with van der Waals surface area (Å²) < 4.78 is 4.98. The average Bonchev–Trinajstić information content (AvgIpc) is 2.62. The van der Waals surface area contributed by atoms with Crippen molar-refractivity contribution >= 4 is 11.9 Å². The summed E-state index contributed by atoms with van der Waals surface area (Å²) in [7, 11) is 0. The lowest BCUT2D eigenvalue weighted by Crippen LogP contribution is -2.35.